The zero-order valence-electron chi connectivity index (χ0n) is 10.7. The quantitative estimate of drug-likeness (QED) is 0.632. The summed E-state index contributed by atoms with van der Waals surface area (Å²) in [6.45, 7) is 5.36. The van der Waals surface area contributed by atoms with Crippen LogP contribution in [-0.2, 0) is 6.54 Å². The van der Waals surface area contributed by atoms with Crippen LogP contribution in [0.15, 0.2) is 18.2 Å². The lowest BCUT2D eigenvalue weighted by molar-refractivity contribution is 0.582. The van der Waals surface area contributed by atoms with E-state index in [1.165, 1.54) is 31.2 Å². The van der Waals surface area contributed by atoms with E-state index >= 15 is 0 Å². The third kappa shape index (κ3) is 2.60. The van der Waals surface area contributed by atoms with Gasteiger partial charge in [0.05, 0.1) is 11.0 Å². The molecule has 0 saturated heterocycles. The predicted octanol–water partition coefficient (Wildman–Crippen LogP) is 3.51. The average molecular weight is 231 g/mol. The first-order valence-corrected chi connectivity index (χ1v) is 6.44. The summed E-state index contributed by atoms with van der Waals surface area (Å²) in [6.07, 6.45) is 5.12. The number of nitrogens with two attached hydrogens (primary N) is 1. The van der Waals surface area contributed by atoms with Crippen molar-refractivity contribution in [2.24, 2.45) is 0 Å². The molecule has 2 rings (SSSR count). The minimum atomic E-state index is 0.785. The van der Waals surface area contributed by atoms with Gasteiger partial charge in [-0.2, -0.15) is 0 Å². The van der Waals surface area contributed by atoms with E-state index in [1.807, 2.05) is 12.1 Å². The topological polar surface area (TPSA) is 43.8 Å². The fourth-order valence-corrected chi connectivity index (χ4v) is 2.25. The third-order valence-electron chi connectivity index (χ3n) is 3.20. The Morgan fingerprint density at radius 1 is 1.24 bits per heavy atom. The Kier molecular flexibility index (Phi) is 3.67. The Hall–Kier alpha value is -1.51. The first-order chi connectivity index (χ1) is 8.22. The van der Waals surface area contributed by atoms with Crippen LogP contribution in [0.4, 0.5) is 5.69 Å². The molecule has 3 nitrogen and oxygen atoms in total. The van der Waals surface area contributed by atoms with Crippen molar-refractivity contribution >= 4 is 16.7 Å². The molecule has 1 heterocycles. The molecule has 2 N–H and O–H groups in total. The number of hydrogen-bond donors (Lipinski definition) is 1. The number of fused-ring (bicyclic) bond motifs is 1. The van der Waals surface area contributed by atoms with Crippen LogP contribution in [0.1, 0.15) is 38.4 Å². The minimum absolute atomic E-state index is 0.785. The van der Waals surface area contributed by atoms with Crippen LogP contribution in [0.25, 0.3) is 11.0 Å². The van der Waals surface area contributed by atoms with Crippen LogP contribution in [0.5, 0.6) is 0 Å². The van der Waals surface area contributed by atoms with Crippen molar-refractivity contribution in [2.45, 2.75) is 46.1 Å². The number of imidazole rings is 1. The van der Waals surface area contributed by atoms with Crippen molar-refractivity contribution in [1.29, 1.82) is 0 Å². The van der Waals surface area contributed by atoms with Gasteiger partial charge in [0.25, 0.3) is 0 Å². The number of anilines is 1. The molecule has 0 aliphatic rings. The SMILES string of the molecule is CCCCCCn1c(C)nc2cc(N)ccc21. The molecule has 0 unspecified atom stereocenters. The first kappa shape index (κ1) is 12.0. The minimum Gasteiger partial charge on any atom is -0.399 e. The number of nitrogens with zero attached hydrogens (tertiary/aromatic N) is 2. The highest BCUT2D eigenvalue weighted by Crippen LogP contribution is 2.19. The van der Waals surface area contributed by atoms with E-state index in [9.17, 15) is 0 Å². The molecule has 0 aliphatic heterocycles. The number of hydrogen-bond acceptors (Lipinski definition) is 2. The number of benzene rings is 1. The number of aryl methyl sites for hydroxylation is 2. The van der Waals surface area contributed by atoms with E-state index in [2.05, 4.69) is 29.5 Å². The van der Waals surface area contributed by atoms with Crippen LogP contribution in [0.2, 0.25) is 0 Å². The van der Waals surface area contributed by atoms with Gasteiger partial charge >= 0.3 is 0 Å². The highest BCUT2D eigenvalue weighted by molar-refractivity contribution is 5.79. The molecule has 0 fully saturated rings. The fraction of sp³-hybridized carbons (Fsp3) is 0.500. The maximum absolute atomic E-state index is 5.77. The Bertz CT molecular complexity index is 499. The Morgan fingerprint density at radius 2 is 2.06 bits per heavy atom. The van der Waals surface area contributed by atoms with Gasteiger partial charge in [0.2, 0.25) is 0 Å². The average Bonchev–Trinajstić information content (AvgIpc) is 2.60. The summed E-state index contributed by atoms with van der Waals surface area (Å²) in [6, 6.07) is 5.97. The van der Waals surface area contributed by atoms with Gasteiger partial charge in [-0.25, -0.2) is 4.98 Å². The van der Waals surface area contributed by atoms with E-state index in [1.54, 1.807) is 0 Å². The van der Waals surface area contributed by atoms with Crippen molar-refractivity contribution in [3.8, 4) is 0 Å². The van der Waals surface area contributed by atoms with E-state index in [0.717, 1.165) is 23.6 Å². The van der Waals surface area contributed by atoms with Gasteiger partial charge in [0.1, 0.15) is 5.82 Å². The van der Waals surface area contributed by atoms with Crippen LogP contribution in [0.3, 0.4) is 0 Å². The van der Waals surface area contributed by atoms with Crippen molar-refractivity contribution in [3.05, 3.63) is 24.0 Å². The summed E-state index contributed by atoms with van der Waals surface area (Å²) in [4.78, 5) is 4.56. The highest BCUT2D eigenvalue weighted by Gasteiger charge is 2.06. The molecule has 1 aromatic carbocycles. The number of unbranched alkanes of at least 4 members (excludes halogenated alkanes) is 3. The second-order valence-corrected chi connectivity index (χ2v) is 4.62. The molecule has 0 radical (unpaired) electrons. The molecule has 0 amide bonds. The van der Waals surface area contributed by atoms with Gasteiger partial charge in [-0.1, -0.05) is 26.2 Å². The summed E-state index contributed by atoms with van der Waals surface area (Å²) in [5, 5.41) is 0. The summed E-state index contributed by atoms with van der Waals surface area (Å²) in [7, 11) is 0. The Morgan fingerprint density at radius 3 is 2.82 bits per heavy atom. The van der Waals surface area contributed by atoms with Crippen molar-refractivity contribution in [3.63, 3.8) is 0 Å². The lowest BCUT2D eigenvalue weighted by atomic mass is 10.2. The molecule has 0 aliphatic carbocycles. The fourth-order valence-electron chi connectivity index (χ4n) is 2.25. The predicted molar refractivity (Wildman–Crippen MR) is 73.0 cm³/mol. The van der Waals surface area contributed by atoms with E-state index in [0.29, 0.717) is 0 Å². The largest absolute Gasteiger partial charge is 0.399 e. The summed E-state index contributed by atoms with van der Waals surface area (Å²) < 4.78 is 2.30. The second kappa shape index (κ2) is 5.21. The molecule has 3 heteroatoms. The monoisotopic (exact) mass is 231 g/mol. The van der Waals surface area contributed by atoms with Crippen LogP contribution in [-0.4, -0.2) is 9.55 Å². The van der Waals surface area contributed by atoms with Crippen LogP contribution in [0, 0.1) is 6.92 Å². The molecular weight excluding hydrogens is 210 g/mol. The van der Waals surface area contributed by atoms with Crippen LogP contribution >= 0.6 is 0 Å². The highest BCUT2D eigenvalue weighted by atomic mass is 15.1. The summed E-state index contributed by atoms with van der Waals surface area (Å²) >= 11 is 0. The first-order valence-electron chi connectivity index (χ1n) is 6.44. The summed E-state index contributed by atoms with van der Waals surface area (Å²) in [5.41, 5.74) is 8.77. The third-order valence-corrected chi connectivity index (χ3v) is 3.20. The standard InChI is InChI=1S/C14H21N3/c1-3-4-5-6-9-17-11(2)16-13-10-12(15)7-8-14(13)17/h7-8,10H,3-6,9,15H2,1-2H3. The summed E-state index contributed by atoms with van der Waals surface area (Å²) in [5.74, 6) is 1.09. The van der Waals surface area contributed by atoms with Crippen molar-refractivity contribution < 1.29 is 0 Å². The van der Waals surface area contributed by atoms with Gasteiger partial charge in [-0.3, -0.25) is 0 Å². The number of rotatable bonds is 5. The Balaban J connectivity index is 2.18. The molecule has 0 spiro atoms. The van der Waals surface area contributed by atoms with E-state index in [4.69, 9.17) is 5.73 Å². The Labute approximate surface area is 103 Å². The van der Waals surface area contributed by atoms with Gasteiger partial charge in [-0.05, 0) is 31.5 Å². The normalized spacial score (nSPS) is 11.2. The van der Waals surface area contributed by atoms with Gasteiger partial charge in [0, 0.05) is 12.2 Å². The molecule has 0 bridgehead atoms. The molecule has 0 saturated carbocycles. The maximum atomic E-state index is 5.77. The lowest BCUT2D eigenvalue weighted by Crippen LogP contribution is -2.00. The van der Waals surface area contributed by atoms with Crippen molar-refractivity contribution in [2.75, 3.05) is 5.73 Å². The maximum Gasteiger partial charge on any atom is 0.106 e. The van der Waals surface area contributed by atoms with Gasteiger partial charge in [0.15, 0.2) is 0 Å². The molecule has 92 valence electrons. The number of aromatic nitrogens is 2. The molecule has 17 heavy (non-hydrogen) atoms. The molecular formula is C14H21N3. The zero-order chi connectivity index (χ0) is 12.3. The van der Waals surface area contributed by atoms with Crippen molar-refractivity contribution in [1.82, 2.24) is 9.55 Å². The van der Waals surface area contributed by atoms with E-state index < -0.39 is 0 Å². The molecule has 2 aromatic rings. The lowest BCUT2D eigenvalue weighted by Gasteiger charge is -2.06. The number of nitrogen functional groups attached to an aromatic ring is 1. The van der Waals surface area contributed by atoms with Crippen LogP contribution < -0.4 is 5.73 Å². The molecule has 1 aromatic heterocycles. The van der Waals surface area contributed by atoms with Gasteiger partial charge in [-0.15, -0.1) is 0 Å². The molecule has 0 atom stereocenters. The smallest absolute Gasteiger partial charge is 0.106 e. The van der Waals surface area contributed by atoms with Gasteiger partial charge < -0.3 is 10.3 Å². The zero-order valence-corrected chi connectivity index (χ0v) is 10.7. The van der Waals surface area contributed by atoms with E-state index in [-0.39, 0.29) is 0 Å². The second-order valence-electron chi connectivity index (χ2n) is 4.62.